The molecule has 0 fully saturated rings. The van der Waals surface area contributed by atoms with Crippen molar-refractivity contribution in [2.45, 2.75) is 25.9 Å². The zero-order valence-corrected chi connectivity index (χ0v) is 16.0. The van der Waals surface area contributed by atoms with E-state index < -0.39 is 0 Å². The number of nitrogens with zero attached hydrogens (tertiary/aromatic N) is 2. The number of anilines is 1. The summed E-state index contributed by atoms with van der Waals surface area (Å²) in [6.45, 7) is 0.377. The number of rotatable bonds is 5. The van der Waals surface area contributed by atoms with Crippen molar-refractivity contribution < 1.29 is 9.53 Å². The monoisotopic (exact) mass is 383 g/mol. The summed E-state index contributed by atoms with van der Waals surface area (Å²) in [6, 6.07) is 19.3. The number of aryl methyl sites for hydroxylation is 2. The van der Waals surface area contributed by atoms with E-state index in [-0.39, 0.29) is 5.91 Å². The molecule has 5 nitrogen and oxygen atoms in total. The maximum absolute atomic E-state index is 12.5. The first kappa shape index (κ1) is 17.5. The van der Waals surface area contributed by atoms with Crippen LogP contribution in [0, 0.1) is 0 Å². The van der Waals surface area contributed by atoms with Crippen LogP contribution in [0.4, 0.5) is 5.69 Å². The molecule has 0 bridgehead atoms. The lowest BCUT2D eigenvalue weighted by Crippen LogP contribution is -2.12. The highest BCUT2D eigenvalue weighted by Gasteiger charge is 2.12. The Labute approximate surface area is 169 Å². The molecule has 144 valence electrons. The van der Waals surface area contributed by atoms with Crippen molar-refractivity contribution >= 4 is 17.2 Å². The number of hydrogen-bond donors (Lipinski definition) is 1. The third kappa shape index (κ3) is 3.72. The normalized spacial score (nSPS) is 12.7. The molecule has 0 aliphatic heterocycles. The van der Waals surface area contributed by atoms with Gasteiger partial charge in [-0.15, -0.1) is 0 Å². The van der Waals surface area contributed by atoms with Gasteiger partial charge in [-0.2, -0.15) is 0 Å². The van der Waals surface area contributed by atoms with Crippen LogP contribution in [0.2, 0.25) is 0 Å². The van der Waals surface area contributed by atoms with Crippen LogP contribution < -0.4 is 10.1 Å². The molecular formula is C24H21N3O2. The smallest absolute Gasteiger partial charge is 0.255 e. The molecule has 5 rings (SSSR count). The second kappa shape index (κ2) is 7.43. The zero-order chi connectivity index (χ0) is 19.6. The van der Waals surface area contributed by atoms with E-state index in [9.17, 15) is 4.79 Å². The van der Waals surface area contributed by atoms with E-state index in [0.717, 1.165) is 29.9 Å². The quantitative estimate of drug-likeness (QED) is 0.546. The van der Waals surface area contributed by atoms with Gasteiger partial charge in [-0.05, 0) is 78.9 Å². The lowest BCUT2D eigenvalue weighted by molar-refractivity contribution is 0.102. The van der Waals surface area contributed by atoms with Crippen molar-refractivity contribution in [3.63, 3.8) is 0 Å². The highest BCUT2D eigenvalue weighted by Crippen LogP contribution is 2.25. The Bertz CT molecular complexity index is 1150. The van der Waals surface area contributed by atoms with E-state index in [1.807, 2.05) is 53.2 Å². The van der Waals surface area contributed by atoms with Crippen LogP contribution in [0.1, 0.15) is 33.6 Å². The number of aromatic nitrogens is 2. The zero-order valence-electron chi connectivity index (χ0n) is 16.0. The Hall–Kier alpha value is -3.60. The van der Waals surface area contributed by atoms with Gasteiger partial charge in [0.25, 0.3) is 5.91 Å². The summed E-state index contributed by atoms with van der Waals surface area (Å²) in [5.74, 6) is 0.589. The number of benzene rings is 2. The maximum atomic E-state index is 12.5. The molecule has 0 atom stereocenters. The molecule has 0 spiro atoms. The number of hydrogen-bond acceptors (Lipinski definition) is 3. The molecule has 2 aromatic heterocycles. The fourth-order valence-electron chi connectivity index (χ4n) is 3.77. The molecule has 1 amide bonds. The predicted octanol–water partition coefficient (Wildman–Crippen LogP) is 4.65. The molecule has 1 aliphatic rings. The predicted molar refractivity (Wildman–Crippen MR) is 112 cm³/mol. The van der Waals surface area contributed by atoms with Crippen LogP contribution in [0.5, 0.6) is 5.75 Å². The maximum Gasteiger partial charge on any atom is 0.255 e. The number of ether oxygens (including phenoxy) is 1. The minimum Gasteiger partial charge on any atom is -0.487 e. The van der Waals surface area contributed by atoms with Crippen LogP contribution >= 0.6 is 0 Å². The average molecular weight is 383 g/mol. The van der Waals surface area contributed by atoms with Crippen molar-refractivity contribution in [3.8, 4) is 5.75 Å². The molecule has 29 heavy (non-hydrogen) atoms. The number of imidazole rings is 1. The summed E-state index contributed by atoms with van der Waals surface area (Å²) >= 11 is 0. The highest BCUT2D eigenvalue weighted by molar-refractivity contribution is 6.04. The second-order valence-corrected chi connectivity index (χ2v) is 7.30. The lowest BCUT2D eigenvalue weighted by Gasteiger charge is -2.09. The van der Waals surface area contributed by atoms with Crippen LogP contribution in [-0.4, -0.2) is 15.3 Å². The Morgan fingerprint density at radius 1 is 1.03 bits per heavy atom. The summed E-state index contributed by atoms with van der Waals surface area (Å²) in [5.41, 5.74) is 5.95. The first-order valence-electron chi connectivity index (χ1n) is 9.83. The molecular weight excluding hydrogens is 362 g/mol. The van der Waals surface area contributed by atoms with Gasteiger partial charge < -0.3 is 14.5 Å². The molecule has 5 heteroatoms. The number of carbonyl (C=O) groups excluding carboxylic acids is 1. The summed E-state index contributed by atoms with van der Waals surface area (Å²) < 4.78 is 7.78. The van der Waals surface area contributed by atoms with Crippen molar-refractivity contribution in [2.24, 2.45) is 0 Å². The van der Waals surface area contributed by atoms with E-state index in [4.69, 9.17) is 4.74 Å². The van der Waals surface area contributed by atoms with Gasteiger partial charge >= 0.3 is 0 Å². The molecule has 1 N–H and O–H groups in total. The van der Waals surface area contributed by atoms with Gasteiger partial charge in [-0.3, -0.25) is 4.79 Å². The van der Waals surface area contributed by atoms with Gasteiger partial charge in [0.1, 0.15) is 18.0 Å². The molecule has 0 radical (unpaired) electrons. The topological polar surface area (TPSA) is 55.6 Å². The van der Waals surface area contributed by atoms with Crippen molar-refractivity contribution in [3.05, 3.63) is 95.4 Å². The molecule has 4 aromatic rings. The minimum absolute atomic E-state index is 0.116. The number of pyridine rings is 1. The standard InChI is InChI=1S/C24H21N3O2/c28-24(26-20-10-7-17-4-3-5-19(17)14-20)18-8-11-22(12-9-18)29-16-21-15-27-13-2-1-6-23(27)25-21/h1-2,6-15H,3-5,16H2,(H,26,28). The van der Waals surface area contributed by atoms with E-state index in [1.54, 1.807) is 12.1 Å². The third-order valence-corrected chi connectivity index (χ3v) is 5.27. The first-order chi connectivity index (χ1) is 14.2. The Kier molecular flexibility index (Phi) is 4.48. The second-order valence-electron chi connectivity index (χ2n) is 7.30. The Morgan fingerprint density at radius 2 is 1.90 bits per heavy atom. The molecule has 0 unspecified atom stereocenters. The van der Waals surface area contributed by atoms with Crippen LogP contribution in [0.3, 0.4) is 0 Å². The SMILES string of the molecule is O=C(Nc1ccc2c(c1)CCC2)c1ccc(OCc2cn3ccccc3n2)cc1. The Balaban J connectivity index is 1.22. The summed E-state index contributed by atoms with van der Waals surface area (Å²) in [5, 5.41) is 2.99. The molecule has 2 heterocycles. The van der Waals surface area contributed by atoms with Crippen LogP contribution in [0.15, 0.2) is 73.1 Å². The van der Waals surface area contributed by atoms with Gasteiger partial charge in [-0.25, -0.2) is 4.98 Å². The fourth-order valence-corrected chi connectivity index (χ4v) is 3.77. The van der Waals surface area contributed by atoms with Crippen LogP contribution in [0.25, 0.3) is 5.65 Å². The van der Waals surface area contributed by atoms with Crippen molar-refractivity contribution in [1.29, 1.82) is 0 Å². The molecule has 0 saturated heterocycles. The summed E-state index contributed by atoms with van der Waals surface area (Å²) in [6.07, 6.45) is 7.34. The number of amides is 1. The summed E-state index contributed by atoms with van der Waals surface area (Å²) in [4.78, 5) is 17.1. The average Bonchev–Trinajstić information content (AvgIpc) is 3.38. The number of carbonyl (C=O) groups is 1. The molecule has 2 aromatic carbocycles. The van der Waals surface area contributed by atoms with Gasteiger partial charge in [0.15, 0.2) is 0 Å². The summed E-state index contributed by atoms with van der Waals surface area (Å²) in [7, 11) is 0. The van der Waals surface area contributed by atoms with E-state index in [1.165, 1.54) is 17.5 Å². The lowest BCUT2D eigenvalue weighted by atomic mass is 10.1. The van der Waals surface area contributed by atoms with E-state index >= 15 is 0 Å². The third-order valence-electron chi connectivity index (χ3n) is 5.27. The first-order valence-corrected chi connectivity index (χ1v) is 9.83. The number of nitrogens with one attached hydrogen (secondary N) is 1. The van der Waals surface area contributed by atoms with E-state index in [2.05, 4.69) is 22.4 Å². The van der Waals surface area contributed by atoms with Gasteiger partial charge in [0, 0.05) is 23.6 Å². The number of fused-ring (bicyclic) bond motifs is 2. The van der Waals surface area contributed by atoms with Gasteiger partial charge in [-0.1, -0.05) is 12.1 Å². The van der Waals surface area contributed by atoms with E-state index in [0.29, 0.717) is 17.9 Å². The van der Waals surface area contributed by atoms with Gasteiger partial charge in [0.05, 0.1) is 5.69 Å². The highest BCUT2D eigenvalue weighted by atomic mass is 16.5. The minimum atomic E-state index is -0.116. The Morgan fingerprint density at radius 3 is 2.76 bits per heavy atom. The van der Waals surface area contributed by atoms with Crippen molar-refractivity contribution in [2.75, 3.05) is 5.32 Å². The van der Waals surface area contributed by atoms with Crippen LogP contribution in [-0.2, 0) is 19.4 Å². The largest absolute Gasteiger partial charge is 0.487 e. The molecule has 1 aliphatic carbocycles. The fraction of sp³-hybridized carbons (Fsp3) is 0.167. The van der Waals surface area contributed by atoms with Gasteiger partial charge in [0.2, 0.25) is 0 Å². The molecule has 0 saturated carbocycles. The van der Waals surface area contributed by atoms with Crippen molar-refractivity contribution in [1.82, 2.24) is 9.38 Å².